The largest absolute Gasteiger partial charge is 0.362 e. The molecular weight excluding hydrogens is 432 g/mol. The first kappa shape index (κ1) is 23.7. The van der Waals surface area contributed by atoms with Gasteiger partial charge in [-0.05, 0) is 37.5 Å². The van der Waals surface area contributed by atoms with Crippen molar-refractivity contribution in [2.45, 2.75) is 44.9 Å². The summed E-state index contributed by atoms with van der Waals surface area (Å²) in [5.74, 6) is -0.290. The van der Waals surface area contributed by atoms with Crippen LogP contribution in [0.5, 0.6) is 0 Å². The van der Waals surface area contributed by atoms with Crippen LogP contribution in [0.15, 0.2) is 42.5 Å². The first-order valence-electron chi connectivity index (χ1n) is 11.9. The highest BCUT2D eigenvalue weighted by Crippen LogP contribution is 2.41. The Balaban J connectivity index is 1.49. The minimum Gasteiger partial charge on any atom is -0.362 e. The summed E-state index contributed by atoms with van der Waals surface area (Å²) < 4.78 is 0. The lowest BCUT2D eigenvalue weighted by Crippen LogP contribution is -2.48. The Kier molecular flexibility index (Phi) is 6.86. The summed E-state index contributed by atoms with van der Waals surface area (Å²) in [5, 5.41) is 14.9. The maximum absolute atomic E-state index is 13.0. The van der Waals surface area contributed by atoms with Crippen LogP contribution in [-0.4, -0.2) is 54.4 Å². The van der Waals surface area contributed by atoms with E-state index in [4.69, 9.17) is 0 Å². The number of nitro groups is 1. The van der Waals surface area contributed by atoms with Crippen LogP contribution in [0.25, 0.3) is 0 Å². The van der Waals surface area contributed by atoms with Crippen molar-refractivity contribution in [1.82, 2.24) is 10.2 Å². The minimum absolute atomic E-state index is 0.00636. The highest BCUT2D eigenvalue weighted by atomic mass is 16.6. The molecule has 0 atom stereocenters. The molecule has 1 aliphatic carbocycles. The van der Waals surface area contributed by atoms with Gasteiger partial charge in [-0.25, -0.2) is 0 Å². The van der Waals surface area contributed by atoms with E-state index in [0.717, 1.165) is 25.7 Å². The summed E-state index contributed by atoms with van der Waals surface area (Å²) in [6.45, 7) is 6.20. The molecule has 1 heterocycles. The molecule has 2 aromatic rings. The SMILES string of the molecule is CC(=O)N1CCN(c2ccc(C(=O)NCC3(c4cccc(C)c4)CCCC3)cc2[N+](=O)[O-])CC1. The second kappa shape index (κ2) is 9.83. The molecule has 0 radical (unpaired) electrons. The van der Waals surface area contributed by atoms with Crippen molar-refractivity contribution in [2.24, 2.45) is 0 Å². The number of aryl methyl sites for hydroxylation is 1. The average Bonchev–Trinajstić information content (AvgIpc) is 3.32. The lowest BCUT2D eigenvalue weighted by atomic mass is 9.78. The molecule has 1 N–H and O–H groups in total. The first-order chi connectivity index (χ1) is 16.3. The third-order valence-corrected chi connectivity index (χ3v) is 7.28. The van der Waals surface area contributed by atoms with Crippen molar-refractivity contribution in [1.29, 1.82) is 0 Å². The maximum atomic E-state index is 13.0. The van der Waals surface area contributed by atoms with Crippen molar-refractivity contribution >= 4 is 23.2 Å². The fourth-order valence-electron chi connectivity index (χ4n) is 5.29. The number of carbonyl (C=O) groups excluding carboxylic acids is 2. The zero-order valence-electron chi connectivity index (χ0n) is 19.9. The Morgan fingerprint density at radius 2 is 1.76 bits per heavy atom. The molecule has 0 bridgehead atoms. The van der Waals surface area contributed by atoms with Gasteiger partial charge in [-0.15, -0.1) is 0 Å². The first-order valence-corrected chi connectivity index (χ1v) is 11.9. The van der Waals surface area contributed by atoms with Gasteiger partial charge in [0.25, 0.3) is 11.6 Å². The highest BCUT2D eigenvalue weighted by Gasteiger charge is 2.36. The van der Waals surface area contributed by atoms with Crippen molar-refractivity contribution in [3.05, 3.63) is 69.3 Å². The third kappa shape index (κ3) is 4.90. The molecule has 8 nitrogen and oxygen atoms in total. The number of piperazine rings is 1. The molecule has 2 aliphatic rings. The van der Waals surface area contributed by atoms with Gasteiger partial charge in [0.15, 0.2) is 0 Å². The number of hydrogen-bond donors (Lipinski definition) is 1. The molecule has 1 aliphatic heterocycles. The Hall–Kier alpha value is -3.42. The number of nitrogens with zero attached hydrogens (tertiary/aromatic N) is 3. The summed E-state index contributed by atoms with van der Waals surface area (Å²) in [7, 11) is 0. The van der Waals surface area contributed by atoms with Crippen LogP contribution in [0.2, 0.25) is 0 Å². The third-order valence-electron chi connectivity index (χ3n) is 7.28. The smallest absolute Gasteiger partial charge is 0.293 e. The zero-order chi connectivity index (χ0) is 24.3. The van der Waals surface area contributed by atoms with Gasteiger partial charge in [0.2, 0.25) is 5.91 Å². The van der Waals surface area contributed by atoms with Crippen molar-refractivity contribution in [3.8, 4) is 0 Å². The molecule has 1 saturated carbocycles. The van der Waals surface area contributed by atoms with Gasteiger partial charge < -0.3 is 15.1 Å². The molecule has 2 amide bonds. The van der Waals surface area contributed by atoms with Gasteiger partial charge in [0.05, 0.1) is 4.92 Å². The predicted octanol–water partition coefficient (Wildman–Crippen LogP) is 3.81. The van der Waals surface area contributed by atoms with E-state index in [0.29, 0.717) is 38.4 Å². The van der Waals surface area contributed by atoms with Gasteiger partial charge in [-0.3, -0.25) is 19.7 Å². The van der Waals surface area contributed by atoms with Gasteiger partial charge >= 0.3 is 0 Å². The van der Waals surface area contributed by atoms with Crippen molar-refractivity contribution in [2.75, 3.05) is 37.6 Å². The molecule has 4 rings (SSSR count). The maximum Gasteiger partial charge on any atom is 0.293 e. The van der Waals surface area contributed by atoms with E-state index >= 15 is 0 Å². The fraction of sp³-hybridized carbons (Fsp3) is 0.462. The number of amides is 2. The van der Waals surface area contributed by atoms with Crippen LogP contribution in [0.1, 0.15) is 54.1 Å². The Morgan fingerprint density at radius 3 is 2.38 bits per heavy atom. The molecule has 0 spiro atoms. The molecule has 180 valence electrons. The van der Waals surface area contributed by atoms with E-state index in [9.17, 15) is 19.7 Å². The van der Waals surface area contributed by atoms with Crippen LogP contribution in [0, 0.1) is 17.0 Å². The van der Waals surface area contributed by atoms with E-state index in [2.05, 4.69) is 36.5 Å². The van der Waals surface area contributed by atoms with Crippen LogP contribution < -0.4 is 10.2 Å². The lowest BCUT2D eigenvalue weighted by molar-refractivity contribution is -0.384. The summed E-state index contributed by atoms with van der Waals surface area (Å²) in [6.07, 6.45) is 4.28. The number of nitrogens with one attached hydrogen (secondary N) is 1. The minimum atomic E-state index is -0.436. The van der Waals surface area contributed by atoms with Crippen LogP contribution in [-0.2, 0) is 10.2 Å². The summed E-state index contributed by atoms with van der Waals surface area (Å²) in [6, 6.07) is 13.1. The number of rotatable bonds is 6. The van der Waals surface area contributed by atoms with Crippen LogP contribution in [0.3, 0.4) is 0 Å². The molecule has 2 fully saturated rings. The van der Waals surface area contributed by atoms with E-state index in [1.54, 1.807) is 17.0 Å². The summed E-state index contributed by atoms with van der Waals surface area (Å²) in [5.41, 5.74) is 3.04. The van der Waals surface area contributed by atoms with Crippen LogP contribution >= 0.6 is 0 Å². The van der Waals surface area contributed by atoms with Gasteiger partial charge in [0, 0.05) is 56.7 Å². The summed E-state index contributed by atoms with van der Waals surface area (Å²) >= 11 is 0. The molecule has 34 heavy (non-hydrogen) atoms. The molecule has 1 saturated heterocycles. The second-order valence-corrected chi connectivity index (χ2v) is 9.49. The highest BCUT2D eigenvalue weighted by molar-refractivity contribution is 5.96. The Labute approximate surface area is 200 Å². The van der Waals surface area contributed by atoms with Gasteiger partial charge in [-0.1, -0.05) is 42.7 Å². The van der Waals surface area contributed by atoms with Crippen molar-refractivity contribution in [3.63, 3.8) is 0 Å². The normalized spacial score (nSPS) is 17.5. The quantitative estimate of drug-likeness (QED) is 0.518. The fourth-order valence-corrected chi connectivity index (χ4v) is 5.29. The molecular formula is C26H32N4O4. The zero-order valence-corrected chi connectivity index (χ0v) is 19.9. The molecule has 2 aromatic carbocycles. The van der Waals surface area contributed by atoms with Gasteiger partial charge in [-0.2, -0.15) is 0 Å². The standard InChI is InChI=1S/C26H32N4O4/c1-19-6-5-7-22(16-19)26(10-3-4-11-26)18-27-25(32)21-8-9-23(24(17-21)30(33)34)29-14-12-28(13-15-29)20(2)31/h5-9,16-17H,3-4,10-15,18H2,1-2H3,(H,27,32). The van der Waals surface area contributed by atoms with Crippen molar-refractivity contribution < 1.29 is 14.5 Å². The predicted molar refractivity (Wildman–Crippen MR) is 131 cm³/mol. The number of hydrogen-bond acceptors (Lipinski definition) is 5. The monoisotopic (exact) mass is 464 g/mol. The van der Waals surface area contributed by atoms with E-state index in [1.807, 2.05) is 4.90 Å². The Morgan fingerprint density at radius 1 is 1.06 bits per heavy atom. The van der Waals surface area contributed by atoms with E-state index in [1.165, 1.54) is 24.1 Å². The number of carbonyl (C=O) groups is 2. The number of benzene rings is 2. The molecule has 0 aromatic heterocycles. The Bertz CT molecular complexity index is 1090. The second-order valence-electron chi connectivity index (χ2n) is 9.49. The topological polar surface area (TPSA) is 95.8 Å². The average molecular weight is 465 g/mol. The van der Waals surface area contributed by atoms with E-state index < -0.39 is 4.92 Å². The van der Waals surface area contributed by atoms with E-state index in [-0.39, 0.29) is 28.5 Å². The number of nitro benzene ring substituents is 1. The van der Waals surface area contributed by atoms with Crippen LogP contribution in [0.4, 0.5) is 11.4 Å². The lowest BCUT2D eigenvalue weighted by Gasteiger charge is -2.35. The van der Waals surface area contributed by atoms with Gasteiger partial charge in [0.1, 0.15) is 5.69 Å². The molecule has 0 unspecified atom stereocenters. The summed E-state index contributed by atoms with van der Waals surface area (Å²) in [4.78, 5) is 39.6. The number of anilines is 1. The molecule has 8 heteroatoms.